The highest BCUT2D eigenvalue weighted by atomic mass is 35.5. The number of benzene rings is 1. The number of aromatic nitrogens is 1. The number of aryl methyl sites for hydroxylation is 1. The molecule has 21 heavy (non-hydrogen) atoms. The molecule has 0 unspecified atom stereocenters. The van der Waals surface area contributed by atoms with Crippen molar-refractivity contribution in [1.29, 1.82) is 0 Å². The number of hydrogen-bond donors (Lipinski definition) is 1. The van der Waals surface area contributed by atoms with Crippen LogP contribution in [0.4, 0.5) is 0 Å². The second kappa shape index (κ2) is 7.64. The van der Waals surface area contributed by atoms with Crippen molar-refractivity contribution in [2.24, 2.45) is 0 Å². The number of ether oxygens (including phenoxy) is 1. The van der Waals surface area contributed by atoms with Gasteiger partial charge in [0.1, 0.15) is 0 Å². The first kappa shape index (κ1) is 15.3. The Hall–Kier alpha value is -2.07. The van der Waals surface area contributed by atoms with Crippen LogP contribution in [0.15, 0.2) is 42.6 Å². The Morgan fingerprint density at radius 1 is 1.19 bits per heavy atom. The first-order valence-electron chi connectivity index (χ1n) is 6.67. The van der Waals surface area contributed by atoms with Gasteiger partial charge in [0.2, 0.25) is 11.8 Å². The van der Waals surface area contributed by atoms with E-state index < -0.39 is 0 Å². The lowest BCUT2D eigenvalue weighted by molar-refractivity contribution is -0.121. The molecule has 2 aromatic rings. The van der Waals surface area contributed by atoms with Crippen molar-refractivity contribution in [3.05, 3.63) is 58.7 Å². The Labute approximate surface area is 129 Å². The van der Waals surface area contributed by atoms with Crippen LogP contribution in [-0.2, 0) is 17.8 Å². The number of carbonyl (C=O) groups is 1. The molecule has 1 aromatic carbocycles. The van der Waals surface area contributed by atoms with Gasteiger partial charge in [0.15, 0.2) is 0 Å². The minimum Gasteiger partial charge on any atom is -0.481 e. The van der Waals surface area contributed by atoms with Gasteiger partial charge in [-0.1, -0.05) is 29.8 Å². The lowest BCUT2D eigenvalue weighted by Crippen LogP contribution is -2.23. The van der Waals surface area contributed by atoms with Crippen LogP contribution in [0.3, 0.4) is 0 Å². The minimum atomic E-state index is 0.0146. The molecule has 0 saturated carbocycles. The summed E-state index contributed by atoms with van der Waals surface area (Å²) in [5.41, 5.74) is 2.04. The van der Waals surface area contributed by atoms with Gasteiger partial charge in [-0.25, -0.2) is 4.98 Å². The number of amides is 1. The molecule has 1 heterocycles. The van der Waals surface area contributed by atoms with Crippen molar-refractivity contribution in [2.75, 3.05) is 7.11 Å². The van der Waals surface area contributed by atoms with E-state index in [1.807, 2.05) is 30.3 Å². The second-order valence-corrected chi connectivity index (χ2v) is 5.05. The molecule has 0 atom stereocenters. The second-order valence-electron chi connectivity index (χ2n) is 4.61. The molecule has 1 aromatic heterocycles. The Morgan fingerprint density at radius 3 is 2.52 bits per heavy atom. The van der Waals surface area contributed by atoms with Crippen LogP contribution in [0.1, 0.15) is 17.5 Å². The SMILES string of the molecule is COc1ccc(CNC(=O)CCc2ccc(Cl)cc2)cn1. The number of hydrogen-bond acceptors (Lipinski definition) is 3. The summed E-state index contributed by atoms with van der Waals surface area (Å²) in [6.45, 7) is 0.469. The normalized spacial score (nSPS) is 10.2. The van der Waals surface area contributed by atoms with Crippen molar-refractivity contribution in [3.8, 4) is 5.88 Å². The zero-order chi connectivity index (χ0) is 15.1. The third-order valence-electron chi connectivity index (χ3n) is 3.05. The van der Waals surface area contributed by atoms with Crippen molar-refractivity contribution >= 4 is 17.5 Å². The predicted octanol–water partition coefficient (Wildman–Crippen LogP) is 2.99. The van der Waals surface area contributed by atoms with Crippen LogP contribution in [0.5, 0.6) is 5.88 Å². The van der Waals surface area contributed by atoms with E-state index in [1.54, 1.807) is 19.4 Å². The first-order valence-corrected chi connectivity index (χ1v) is 7.05. The topological polar surface area (TPSA) is 51.2 Å². The van der Waals surface area contributed by atoms with Crippen molar-refractivity contribution in [1.82, 2.24) is 10.3 Å². The van der Waals surface area contributed by atoms with E-state index in [9.17, 15) is 4.79 Å². The molecule has 0 spiro atoms. The van der Waals surface area contributed by atoms with Gasteiger partial charge in [0.25, 0.3) is 0 Å². The summed E-state index contributed by atoms with van der Waals surface area (Å²) >= 11 is 5.82. The molecule has 0 radical (unpaired) electrons. The fourth-order valence-electron chi connectivity index (χ4n) is 1.83. The standard InChI is InChI=1S/C16H17ClN2O2/c1-21-16-9-5-13(11-19-16)10-18-15(20)8-4-12-2-6-14(17)7-3-12/h2-3,5-7,9,11H,4,8,10H2,1H3,(H,18,20). The van der Waals surface area contributed by atoms with Crippen LogP contribution < -0.4 is 10.1 Å². The summed E-state index contributed by atoms with van der Waals surface area (Å²) in [6, 6.07) is 11.2. The van der Waals surface area contributed by atoms with Crippen molar-refractivity contribution < 1.29 is 9.53 Å². The van der Waals surface area contributed by atoms with E-state index in [0.717, 1.165) is 11.1 Å². The van der Waals surface area contributed by atoms with Crippen LogP contribution in [0.25, 0.3) is 0 Å². The summed E-state index contributed by atoms with van der Waals surface area (Å²) in [5.74, 6) is 0.577. The van der Waals surface area contributed by atoms with Gasteiger partial charge in [-0.05, 0) is 29.7 Å². The van der Waals surface area contributed by atoms with Crippen molar-refractivity contribution in [3.63, 3.8) is 0 Å². The Morgan fingerprint density at radius 2 is 1.90 bits per heavy atom. The Bertz CT molecular complexity index is 582. The molecule has 1 amide bonds. The molecule has 0 saturated heterocycles. The number of carbonyl (C=O) groups excluding carboxylic acids is 1. The summed E-state index contributed by atoms with van der Waals surface area (Å²) in [6.07, 6.45) is 2.84. The average Bonchev–Trinajstić information content (AvgIpc) is 2.53. The monoisotopic (exact) mass is 304 g/mol. The van der Waals surface area contributed by atoms with Crippen LogP contribution >= 0.6 is 11.6 Å². The molecule has 110 valence electrons. The fraction of sp³-hybridized carbons (Fsp3) is 0.250. The highest BCUT2D eigenvalue weighted by Gasteiger charge is 2.03. The molecule has 0 aliphatic heterocycles. The maximum atomic E-state index is 11.8. The number of methoxy groups -OCH3 is 1. The largest absolute Gasteiger partial charge is 0.481 e. The maximum absolute atomic E-state index is 11.8. The fourth-order valence-corrected chi connectivity index (χ4v) is 1.96. The van der Waals surface area contributed by atoms with E-state index in [-0.39, 0.29) is 5.91 Å². The summed E-state index contributed by atoms with van der Waals surface area (Å²) in [5, 5.41) is 3.58. The molecular formula is C16H17ClN2O2. The summed E-state index contributed by atoms with van der Waals surface area (Å²) in [4.78, 5) is 15.9. The number of pyridine rings is 1. The van der Waals surface area contributed by atoms with E-state index in [0.29, 0.717) is 30.3 Å². The van der Waals surface area contributed by atoms with E-state index in [2.05, 4.69) is 10.3 Å². The maximum Gasteiger partial charge on any atom is 0.220 e. The quantitative estimate of drug-likeness (QED) is 0.892. The minimum absolute atomic E-state index is 0.0146. The molecule has 5 heteroatoms. The third-order valence-corrected chi connectivity index (χ3v) is 3.30. The smallest absolute Gasteiger partial charge is 0.220 e. The number of nitrogens with zero attached hydrogens (tertiary/aromatic N) is 1. The molecular weight excluding hydrogens is 288 g/mol. The van der Waals surface area contributed by atoms with Gasteiger partial charge in [-0.3, -0.25) is 4.79 Å². The van der Waals surface area contributed by atoms with E-state index in [1.165, 1.54) is 0 Å². The highest BCUT2D eigenvalue weighted by Crippen LogP contribution is 2.11. The molecule has 0 aliphatic rings. The van der Waals surface area contributed by atoms with Crippen molar-refractivity contribution in [2.45, 2.75) is 19.4 Å². The molecule has 0 fully saturated rings. The van der Waals surface area contributed by atoms with Gasteiger partial charge >= 0.3 is 0 Å². The lowest BCUT2D eigenvalue weighted by atomic mass is 10.1. The Kier molecular flexibility index (Phi) is 5.58. The molecule has 0 aliphatic carbocycles. The van der Waals surface area contributed by atoms with Crippen LogP contribution in [0, 0.1) is 0 Å². The van der Waals surface area contributed by atoms with Gasteiger partial charge in [0.05, 0.1) is 7.11 Å². The van der Waals surface area contributed by atoms with Gasteiger partial charge in [-0.15, -0.1) is 0 Å². The number of nitrogens with one attached hydrogen (secondary N) is 1. The third kappa shape index (κ3) is 5.08. The zero-order valence-electron chi connectivity index (χ0n) is 11.8. The molecule has 2 rings (SSSR count). The highest BCUT2D eigenvalue weighted by molar-refractivity contribution is 6.30. The van der Waals surface area contributed by atoms with Gasteiger partial charge in [0, 0.05) is 30.3 Å². The summed E-state index contributed by atoms with van der Waals surface area (Å²) < 4.78 is 4.98. The molecule has 1 N–H and O–H groups in total. The van der Waals surface area contributed by atoms with Gasteiger partial charge in [-0.2, -0.15) is 0 Å². The lowest BCUT2D eigenvalue weighted by Gasteiger charge is -2.06. The Balaban J connectivity index is 1.75. The average molecular weight is 305 g/mol. The van der Waals surface area contributed by atoms with E-state index >= 15 is 0 Å². The molecule has 0 bridgehead atoms. The summed E-state index contributed by atoms with van der Waals surface area (Å²) in [7, 11) is 1.57. The zero-order valence-corrected chi connectivity index (χ0v) is 12.6. The van der Waals surface area contributed by atoms with Crippen LogP contribution in [-0.4, -0.2) is 18.0 Å². The number of halogens is 1. The predicted molar refractivity (Wildman–Crippen MR) is 82.4 cm³/mol. The molecule has 4 nitrogen and oxygen atoms in total. The van der Waals surface area contributed by atoms with Gasteiger partial charge < -0.3 is 10.1 Å². The van der Waals surface area contributed by atoms with E-state index in [4.69, 9.17) is 16.3 Å². The van der Waals surface area contributed by atoms with Crippen LogP contribution in [0.2, 0.25) is 5.02 Å². The number of rotatable bonds is 6. The first-order chi connectivity index (χ1) is 10.2.